The zero-order valence-electron chi connectivity index (χ0n) is 9.17. The summed E-state index contributed by atoms with van der Waals surface area (Å²) < 4.78 is 35.1. The van der Waals surface area contributed by atoms with Crippen molar-refractivity contribution in [2.24, 2.45) is 0 Å². The van der Waals surface area contributed by atoms with Crippen LogP contribution in [0.15, 0.2) is 6.20 Å². The van der Waals surface area contributed by atoms with Gasteiger partial charge in [0.2, 0.25) is 0 Å². The van der Waals surface area contributed by atoms with Crippen LogP contribution in [0.25, 0.3) is 0 Å². The van der Waals surface area contributed by atoms with Gasteiger partial charge in [0, 0.05) is 6.20 Å². The first-order chi connectivity index (χ1) is 8.01. The maximum Gasteiger partial charge on any atom is 0.310 e. The van der Waals surface area contributed by atoms with E-state index in [4.69, 9.17) is 4.74 Å². The Labute approximate surface area is 110 Å². The number of nitrogens with zero attached hydrogens (tertiary/aromatic N) is 1. The number of ether oxygens (including phenoxy) is 2. The number of carbonyl (C=O) groups excluding carboxylic acids is 1. The molecule has 1 rings (SSSR count). The smallest absolute Gasteiger partial charge is 0.310 e. The number of hydrogen-bond acceptors (Lipinski definition) is 4. The average Bonchev–Trinajstić information content (AvgIpc) is 2.30. The van der Waals surface area contributed by atoms with E-state index >= 15 is 0 Å². The first-order valence-corrected chi connectivity index (χ1v) is 5.65. The van der Waals surface area contributed by atoms with Crippen molar-refractivity contribution < 1.29 is 23.0 Å². The molecule has 0 aromatic carbocycles. The molecule has 0 spiro atoms. The summed E-state index contributed by atoms with van der Waals surface area (Å²) in [7, 11) is 2.54. The lowest BCUT2D eigenvalue weighted by Crippen LogP contribution is -2.09. The molecule has 0 N–H and O–H groups in total. The van der Waals surface area contributed by atoms with Gasteiger partial charge in [-0.05, 0) is 28.2 Å². The van der Waals surface area contributed by atoms with Gasteiger partial charge in [0.25, 0.3) is 6.43 Å². The fourth-order valence-corrected chi connectivity index (χ4v) is 2.05. The van der Waals surface area contributed by atoms with Crippen LogP contribution in [0.4, 0.5) is 8.78 Å². The van der Waals surface area contributed by atoms with Crippen LogP contribution >= 0.6 is 22.6 Å². The van der Waals surface area contributed by atoms with E-state index in [2.05, 4.69) is 9.72 Å². The number of esters is 1. The molecular formula is C10H10F2INO3. The summed E-state index contributed by atoms with van der Waals surface area (Å²) in [6, 6.07) is 0. The highest BCUT2D eigenvalue weighted by Gasteiger charge is 2.21. The summed E-state index contributed by atoms with van der Waals surface area (Å²) in [5.74, 6) is -0.460. The number of pyridine rings is 1. The predicted octanol–water partition coefficient (Wildman–Crippen LogP) is 2.35. The lowest BCUT2D eigenvalue weighted by atomic mass is 10.2. The van der Waals surface area contributed by atoms with Crippen LogP contribution < -0.4 is 4.74 Å². The second-order valence-electron chi connectivity index (χ2n) is 3.07. The molecule has 94 valence electrons. The second-order valence-corrected chi connectivity index (χ2v) is 4.15. The third-order valence-electron chi connectivity index (χ3n) is 2.05. The molecule has 0 amide bonds. The van der Waals surface area contributed by atoms with Gasteiger partial charge in [-0.15, -0.1) is 0 Å². The summed E-state index contributed by atoms with van der Waals surface area (Å²) in [5.41, 5.74) is 0.0733. The third kappa shape index (κ3) is 3.24. The number of rotatable bonds is 4. The van der Waals surface area contributed by atoms with Crippen LogP contribution in [-0.4, -0.2) is 25.2 Å². The molecule has 1 aromatic rings. The molecule has 0 fully saturated rings. The largest absolute Gasteiger partial charge is 0.493 e. The Kier molecular flexibility index (Phi) is 5.03. The van der Waals surface area contributed by atoms with E-state index in [0.29, 0.717) is 9.13 Å². The maximum atomic E-state index is 12.6. The van der Waals surface area contributed by atoms with Crippen molar-refractivity contribution >= 4 is 28.6 Å². The Morgan fingerprint density at radius 2 is 2.18 bits per heavy atom. The van der Waals surface area contributed by atoms with E-state index in [9.17, 15) is 13.6 Å². The van der Waals surface area contributed by atoms with Gasteiger partial charge < -0.3 is 9.47 Å². The molecule has 0 aliphatic rings. The van der Waals surface area contributed by atoms with Gasteiger partial charge in [-0.2, -0.15) is 0 Å². The molecule has 0 saturated heterocycles. The summed E-state index contributed by atoms with van der Waals surface area (Å²) in [6.45, 7) is 0. The zero-order chi connectivity index (χ0) is 13.0. The van der Waals surface area contributed by atoms with Crippen LogP contribution in [0.2, 0.25) is 0 Å². The Morgan fingerprint density at radius 3 is 2.65 bits per heavy atom. The molecule has 0 aliphatic carbocycles. The van der Waals surface area contributed by atoms with E-state index in [1.807, 2.05) is 22.6 Å². The molecule has 0 saturated carbocycles. The van der Waals surface area contributed by atoms with E-state index < -0.39 is 18.1 Å². The molecule has 17 heavy (non-hydrogen) atoms. The molecule has 0 unspecified atom stereocenters. The zero-order valence-corrected chi connectivity index (χ0v) is 11.3. The van der Waals surface area contributed by atoms with Crippen LogP contribution in [0, 0.1) is 3.57 Å². The minimum Gasteiger partial charge on any atom is -0.493 e. The Balaban J connectivity index is 3.15. The standard InChI is InChI=1S/C10H10F2INO3/c1-16-6(15)3-5-4-14-8(10(11)12)9(17-2)7(5)13/h4,10H,3H2,1-2H3. The lowest BCUT2D eigenvalue weighted by Gasteiger charge is -2.12. The molecule has 7 heteroatoms. The van der Waals surface area contributed by atoms with Gasteiger partial charge in [0.15, 0.2) is 5.75 Å². The average molecular weight is 357 g/mol. The first-order valence-electron chi connectivity index (χ1n) is 4.57. The van der Waals surface area contributed by atoms with Gasteiger partial charge >= 0.3 is 5.97 Å². The number of carbonyl (C=O) groups is 1. The van der Waals surface area contributed by atoms with Crippen molar-refractivity contribution in [1.82, 2.24) is 4.98 Å². The Bertz CT molecular complexity index is 426. The first kappa shape index (κ1) is 14.1. The fraction of sp³-hybridized carbons (Fsp3) is 0.400. The van der Waals surface area contributed by atoms with Crippen molar-refractivity contribution in [2.45, 2.75) is 12.8 Å². The monoisotopic (exact) mass is 357 g/mol. The number of hydrogen-bond donors (Lipinski definition) is 0. The van der Waals surface area contributed by atoms with Gasteiger partial charge in [-0.1, -0.05) is 0 Å². The van der Waals surface area contributed by atoms with E-state index in [0.717, 1.165) is 0 Å². The number of halogens is 3. The SMILES string of the molecule is COC(=O)Cc1cnc(C(F)F)c(OC)c1I. The molecule has 4 nitrogen and oxygen atoms in total. The number of methoxy groups -OCH3 is 2. The van der Waals surface area contributed by atoms with E-state index in [1.54, 1.807) is 0 Å². The quantitative estimate of drug-likeness (QED) is 0.613. The number of aromatic nitrogens is 1. The predicted molar refractivity (Wildman–Crippen MR) is 64.2 cm³/mol. The molecule has 0 bridgehead atoms. The minimum absolute atomic E-state index is 0.00185. The molecule has 0 radical (unpaired) electrons. The highest BCUT2D eigenvalue weighted by Crippen LogP contribution is 2.33. The van der Waals surface area contributed by atoms with Crippen molar-refractivity contribution in [3.05, 3.63) is 21.0 Å². The summed E-state index contributed by atoms with van der Waals surface area (Å²) in [4.78, 5) is 14.7. The fourth-order valence-electron chi connectivity index (χ4n) is 1.22. The maximum absolute atomic E-state index is 12.6. The van der Waals surface area contributed by atoms with Crippen molar-refractivity contribution in [2.75, 3.05) is 14.2 Å². The molecule has 0 atom stereocenters. The summed E-state index contributed by atoms with van der Waals surface area (Å²) >= 11 is 1.84. The highest BCUT2D eigenvalue weighted by molar-refractivity contribution is 14.1. The molecule has 0 aliphatic heterocycles. The third-order valence-corrected chi connectivity index (χ3v) is 3.23. The molecular weight excluding hydrogens is 347 g/mol. The van der Waals surface area contributed by atoms with Gasteiger partial charge in [-0.3, -0.25) is 9.78 Å². The van der Waals surface area contributed by atoms with Gasteiger partial charge in [-0.25, -0.2) is 8.78 Å². The lowest BCUT2D eigenvalue weighted by molar-refractivity contribution is -0.139. The minimum atomic E-state index is -2.72. The molecule has 1 heterocycles. The van der Waals surface area contributed by atoms with Crippen molar-refractivity contribution in [1.29, 1.82) is 0 Å². The van der Waals surface area contributed by atoms with E-state index in [1.165, 1.54) is 20.4 Å². The van der Waals surface area contributed by atoms with Crippen LogP contribution in [0.1, 0.15) is 17.7 Å². The van der Waals surface area contributed by atoms with Crippen molar-refractivity contribution in [3.63, 3.8) is 0 Å². The summed E-state index contributed by atoms with van der Waals surface area (Å²) in [5, 5.41) is 0. The summed E-state index contributed by atoms with van der Waals surface area (Å²) in [6.07, 6.45) is -1.50. The number of alkyl halides is 2. The Morgan fingerprint density at radius 1 is 1.53 bits per heavy atom. The van der Waals surface area contributed by atoms with Crippen molar-refractivity contribution in [3.8, 4) is 5.75 Å². The van der Waals surface area contributed by atoms with Crippen LogP contribution in [0.3, 0.4) is 0 Å². The topological polar surface area (TPSA) is 48.4 Å². The van der Waals surface area contributed by atoms with Crippen LogP contribution in [-0.2, 0) is 16.0 Å². The normalized spacial score (nSPS) is 10.5. The van der Waals surface area contributed by atoms with Crippen LogP contribution in [0.5, 0.6) is 5.75 Å². The highest BCUT2D eigenvalue weighted by atomic mass is 127. The van der Waals surface area contributed by atoms with E-state index in [-0.39, 0.29) is 12.2 Å². The Hall–Kier alpha value is -0.990. The second kappa shape index (κ2) is 6.08. The van der Waals surface area contributed by atoms with Gasteiger partial charge in [0.1, 0.15) is 5.69 Å². The molecule has 1 aromatic heterocycles. The van der Waals surface area contributed by atoms with Gasteiger partial charge in [0.05, 0.1) is 24.2 Å².